The summed E-state index contributed by atoms with van der Waals surface area (Å²) >= 11 is 0. The molecular formula is C18H30O2. The zero-order valence-corrected chi connectivity index (χ0v) is 13.4. The number of rotatable bonds is 2. The van der Waals surface area contributed by atoms with Gasteiger partial charge in [-0.15, -0.1) is 0 Å². The van der Waals surface area contributed by atoms with Crippen LogP contribution in [0.4, 0.5) is 0 Å². The van der Waals surface area contributed by atoms with Crippen LogP contribution in [-0.4, -0.2) is 19.0 Å². The molecule has 1 saturated heterocycles. The van der Waals surface area contributed by atoms with Crippen LogP contribution in [-0.2, 0) is 9.47 Å². The molecule has 5 atom stereocenters. The van der Waals surface area contributed by atoms with Crippen LogP contribution in [0.5, 0.6) is 0 Å². The van der Waals surface area contributed by atoms with Crippen molar-refractivity contribution < 1.29 is 9.47 Å². The van der Waals surface area contributed by atoms with Gasteiger partial charge < -0.3 is 9.47 Å². The van der Waals surface area contributed by atoms with Gasteiger partial charge in [-0.2, -0.15) is 0 Å². The van der Waals surface area contributed by atoms with E-state index >= 15 is 0 Å². The van der Waals surface area contributed by atoms with E-state index < -0.39 is 0 Å². The van der Waals surface area contributed by atoms with Crippen molar-refractivity contribution in [2.75, 3.05) is 6.61 Å². The second-order valence-electron chi connectivity index (χ2n) is 7.45. The first-order valence-electron chi connectivity index (χ1n) is 8.56. The highest BCUT2D eigenvalue weighted by Gasteiger charge is 2.44. The maximum Gasteiger partial charge on any atom is 0.157 e. The molecule has 114 valence electrons. The minimum Gasteiger partial charge on any atom is -0.353 e. The molecule has 3 aliphatic rings. The van der Waals surface area contributed by atoms with Gasteiger partial charge >= 0.3 is 0 Å². The van der Waals surface area contributed by atoms with Gasteiger partial charge in [-0.1, -0.05) is 32.4 Å². The smallest absolute Gasteiger partial charge is 0.157 e. The number of allylic oxidation sites excluding steroid dienone is 1. The maximum absolute atomic E-state index is 6.23. The zero-order chi connectivity index (χ0) is 14.2. The molecular weight excluding hydrogens is 248 g/mol. The average molecular weight is 278 g/mol. The first-order valence-corrected chi connectivity index (χ1v) is 8.56. The first-order chi connectivity index (χ1) is 9.59. The summed E-state index contributed by atoms with van der Waals surface area (Å²) in [5.41, 5.74) is 2.08. The second kappa shape index (κ2) is 5.81. The predicted molar refractivity (Wildman–Crippen MR) is 81.5 cm³/mol. The van der Waals surface area contributed by atoms with Gasteiger partial charge in [0.15, 0.2) is 6.29 Å². The molecule has 2 aliphatic carbocycles. The van der Waals surface area contributed by atoms with E-state index in [9.17, 15) is 0 Å². The standard InChI is InChI=1S/C18H30O2/c1-13-7-8-15-12-16(9-10-18(15,3)14(13)2)20-17-6-4-5-11-19-17/h8,13-14,16-17H,4-7,9-12H2,1-3H3. The van der Waals surface area contributed by atoms with Crippen LogP contribution >= 0.6 is 0 Å². The summed E-state index contributed by atoms with van der Waals surface area (Å²) < 4.78 is 12.0. The van der Waals surface area contributed by atoms with E-state index in [0.717, 1.165) is 31.3 Å². The van der Waals surface area contributed by atoms with Gasteiger partial charge in [0, 0.05) is 6.61 Å². The van der Waals surface area contributed by atoms with Gasteiger partial charge in [0.25, 0.3) is 0 Å². The Morgan fingerprint density at radius 2 is 2.10 bits per heavy atom. The van der Waals surface area contributed by atoms with E-state index in [1.807, 2.05) is 0 Å². The maximum atomic E-state index is 6.23. The van der Waals surface area contributed by atoms with Crippen LogP contribution in [0.25, 0.3) is 0 Å². The third kappa shape index (κ3) is 2.69. The van der Waals surface area contributed by atoms with Gasteiger partial charge in [-0.25, -0.2) is 0 Å². The topological polar surface area (TPSA) is 18.5 Å². The average Bonchev–Trinajstić information content (AvgIpc) is 2.46. The Labute approximate surface area is 123 Å². The largest absolute Gasteiger partial charge is 0.353 e. The Morgan fingerprint density at radius 3 is 2.85 bits per heavy atom. The van der Waals surface area contributed by atoms with Crippen molar-refractivity contribution in [3.05, 3.63) is 11.6 Å². The highest BCUT2D eigenvalue weighted by Crippen LogP contribution is 2.52. The van der Waals surface area contributed by atoms with E-state index in [-0.39, 0.29) is 6.29 Å². The van der Waals surface area contributed by atoms with Gasteiger partial charge in [0.2, 0.25) is 0 Å². The Kier molecular flexibility index (Phi) is 4.24. The fraction of sp³-hybridized carbons (Fsp3) is 0.889. The number of ether oxygens (including phenoxy) is 2. The minimum absolute atomic E-state index is 0.0682. The summed E-state index contributed by atoms with van der Waals surface area (Å²) in [7, 11) is 0. The molecule has 5 unspecified atom stereocenters. The normalized spacial score (nSPS) is 45.6. The third-order valence-corrected chi connectivity index (χ3v) is 6.24. The monoisotopic (exact) mass is 278 g/mol. The van der Waals surface area contributed by atoms with Crippen molar-refractivity contribution in [1.29, 1.82) is 0 Å². The highest BCUT2D eigenvalue weighted by atomic mass is 16.7. The molecule has 1 heterocycles. The molecule has 2 fully saturated rings. The highest BCUT2D eigenvalue weighted by molar-refractivity contribution is 5.22. The molecule has 0 spiro atoms. The lowest BCUT2D eigenvalue weighted by Gasteiger charge is -2.49. The van der Waals surface area contributed by atoms with Crippen LogP contribution < -0.4 is 0 Å². The third-order valence-electron chi connectivity index (χ3n) is 6.24. The molecule has 0 aromatic rings. The summed E-state index contributed by atoms with van der Waals surface area (Å²) in [6, 6.07) is 0. The van der Waals surface area contributed by atoms with Crippen LogP contribution in [0, 0.1) is 17.3 Å². The number of hydrogen-bond acceptors (Lipinski definition) is 2. The van der Waals surface area contributed by atoms with Crippen LogP contribution in [0.15, 0.2) is 11.6 Å². The van der Waals surface area contributed by atoms with E-state index in [1.165, 1.54) is 32.1 Å². The summed E-state index contributed by atoms with van der Waals surface area (Å²) in [5, 5.41) is 0. The van der Waals surface area contributed by atoms with E-state index in [0.29, 0.717) is 11.5 Å². The predicted octanol–water partition coefficient (Wildman–Crippen LogP) is 4.69. The lowest BCUT2D eigenvalue weighted by atomic mass is 9.57. The quantitative estimate of drug-likeness (QED) is 0.682. The second-order valence-corrected chi connectivity index (χ2v) is 7.45. The Hall–Kier alpha value is -0.340. The molecule has 2 nitrogen and oxygen atoms in total. The van der Waals surface area contributed by atoms with Crippen LogP contribution in [0.3, 0.4) is 0 Å². The molecule has 1 saturated carbocycles. The van der Waals surface area contributed by atoms with Crippen LogP contribution in [0.2, 0.25) is 0 Å². The molecule has 0 radical (unpaired) electrons. The van der Waals surface area contributed by atoms with Gasteiger partial charge in [0.05, 0.1) is 6.10 Å². The molecule has 0 aromatic heterocycles. The summed E-state index contributed by atoms with van der Waals surface area (Å²) in [4.78, 5) is 0. The van der Waals surface area contributed by atoms with Crippen molar-refractivity contribution in [2.24, 2.45) is 17.3 Å². The van der Waals surface area contributed by atoms with E-state index in [4.69, 9.17) is 9.47 Å². The molecule has 0 bridgehead atoms. The fourth-order valence-electron chi connectivity index (χ4n) is 4.35. The number of hydrogen-bond donors (Lipinski definition) is 0. The van der Waals surface area contributed by atoms with E-state index in [1.54, 1.807) is 5.57 Å². The molecule has 1 aliphatic heterocycles. The summed E-state index contributed by atoms with van der Waals surface area (Å²) in [5.74, 6) is 1.62. The molecule has 2 heteroatoms. The molecule has 0 aromatic carbocycles. The lowest BCUT2D eigenvalue weighted by molar-refractivity contribution is -0.194. The summed E-state index contributed by atoms with van der Waals surface area (Å²) in [6.07, 6.45) is 11.4. The van der Waals surface area contributed by atoms with Crippen molar-refractivity contribution in [2.45, 2.75) is 78.1 Å². The molecule has 20 heavy (non-hydrogen) atoms. The van der Waals surface area contributed by atoms with Gasteiger partial charge in [-0.3, -0.25) is 0 Å². The first kappa shape index (κ1) is 14.6. The fourth-order valence-corrected chi connectivity index (χ4v) is 4.35. The molecule has 3 rings (SSSR count). The molecule has 0 amide bonds. The lowest BCUT2D eigenvalue weighted by Crippen LogP contribution is -2.41. The van der Waals surface area contributed by atoms with Gasteiger partial charge in [-0.05, 0) is 62.2 Å². The van der Waals surface area contributed by atoms with E-state index in [2.05, 4.69) is 26.8 Å². The Balaban J connectivity index is 1.63. The SMILES string of the molecule is CC1CC=C2CC(OC3CCCCO3)CCC2(C)C1C. The van der Waals surface area contributed by atoms with Crippen molar-refractivity contribution >= 4 is 0 Å². The minimum atomic E-state index is 0.0682. The zero-order valence-electron chi connectivity index (χ0n) is 13.4. The van der Waals surface area contributed by atoms with Crippen molar-refractivity contribution in [1.82, 2.24) is 0 Å². The van der Waals surface area contributed by atoms with Crippen molar-refractivity contribution in [3.8, 4) is 0 Å². The molecule has 0 N–H and O–H groups in total. The number of fused-ring (bicyclic) bond motifs is 1. The Bertz CT molecular complexity index is 370. The van der Waals surface area contributed by atoms with Crippen LogP contribution in [0.1, 0.15) is 65.7 Å². The Morgan fingerprint density at radius 1 is 1.25 bits per heavy atom. The van der Waals surface area contributed by atoms with Crippen molar-refractivity contribution in [3.63, 3.8) is 0 Å². The van der Waals surface area contributed by atoms with Gasteiger partial charge in [0.1, 0.15) is 0 Å². The summed E-state index contributed by atoms with van der Waals surface area (Å²) in [6.45, 7) is 8.21.